The van der Waals surface area contributed by atoms with Gasteiger partial charge in [0.1, 0.15) is 10.7 Å². The zero-order chi connectivity index (χ0) is 13.4. The minimum Gasteiger partial charge on any atom is -0.347 e. The van der Waals surface area contributed by atoms with Crippen molar-refractivity contribution in [3.05, 3.63) is 33.8 Å². The Morgan fingerprint density at radius 1 is 1.53 bits per heavy atom. The highest BCUT2D eigenvalue weighted by Gasteiger charge is 2.22. The van der Waals surface area contributed by atoms with Crippen LogP contribution in [-0.2, 0) is 13.0 Å². The van der Waals surface area contributed by atoms with Crippen LogP contribution < -0.4 is 5.32 Å². The van der Waals surface area contributed by atoms with Gasteiger partial charge in [-0.3, -0.25) is 4.79 Å². The number of thiazole rings is 1. The fourth-order valence-electron chi connectivity index (χ4n) is 2.48. The van der Waals surface area contributed by atoms with Crippen LogP contribution in [0.15, 0.2) is 12.4 Å². The molecule has 2 aromatic rings. The van der Waals surface area contributed by atoms with Crippen LogP contribution in [0.3, 0.4) is 0 Å². The first-order valence-corrected chi connectivity index (χ1v) is 7.20. The zero-order valence-corrected chi connectivity index (χ0v) is 11.8. The Morgan fingerprint density at radius 3 is 3.11 bits per heavy atom. The van der Waals surface area contributed by atoms with Crippen LogP contribution in [-0.4, -0.2) is 26.5 Å². The monoisotopic (exact) mass is 276 g/mol. The van der Waals surface area contributed by atoms with Crippen molar-refractivity contribution in [2.45, 2.75) is 39.3 Å². The first kappa shape index (κ1) is 12.3. The Balaban J connectivity index is 1.70. The van der Waals surface area contributed by atoms with Gasteiger partial charge in [-0.25, -0.2) is 9.97 Å². The van der Waals surface area contributed by atoms with Crippen LogP contribution in [0.25, 0.3) is 0 Å². The fraction of sp³-hybridized carbons (Fsp3) is 0.462. The summed E-state index contributed by atoms with van der Waals surface area (Å²) in [6.45, 7) is 4.61. The Hall–Kier alpha value is -1.69. The topological polar surface area (TPSA) is 59.8 Å². The lowest BCUT2D eigenvalue weighted by molar-refractivity contribution is 0.0931. The van der Waals surface area contributed by atoms with Gasteiger partial charge in [0.2, 0.25) is 0 Å². The van der Waals surface area contributed by atoms with E-state index in [2.05, 4.69) is 19.9 Å². The Morgan fingerprint density at radius 2 is 2.37 bits per heavy atom. The van der Waals surface area contributed by atoms with Gasteiger partial charge >= 0.3 is 0 Å². The number of rotatable bonds is 2. The molecule has 0 aliphatic carbocycles. The van der Waals surface area contributed by atoms with Gasteiger partial charge in [-0.2, -0.15) is 0 Å². The molecule has 5 nitrogen and oxygen atoms in total. The van der Waals surface area contributed by atoms with Gasteiger partial charge in [0.15, 0.2) is 0 Å². The Labute approximate surface area is 115 Å². The lowest BCUT2D eigenvalue weighted by Crippen LogP contribution is -2.40. The number of hydrogen-bond donors (Lipinski definition) is 1. The molecule has 1 aliphatic rings. The van der Waals surface area contributed by atoms with Gasteiger partial charge in [-0.15, -0.1) is 11.3 Å². The highest BCUT2D eigenvalue weighted by molar-refractivity contribution is 7.13. The van der Waals surface area contributed by atoms with Crippen molar-refractivity contribution in [2.24, 2.45) is 0 Å². The summed E-state index contributed by atoms with van der Waals surface area (Å²) >= 11 is 1.46. The molecule has 1 aliphatic heterocycles. The maximum absolute atomic E-state index is 12.2. The summed E-state index contributed by atoms with van der Waals surface area (Å²) in [5.74, 6) is 1.10. The molecule has 0 saturated heterocycles. The Kier molecular flexibility index (Phi) is 3.10. The van der Waals surface area contributed by atoms with Gasteiger partial charge in [0, 0.05) is 31.4 Å². The lowest BCUT2D eigenvalue weighted by atomic mass is 10.1. The molecule has 0 radical (unpaired) electrons. The molecule has 0 spiro atoms. The highest BCUT2D eigenvalue weighted by atomic mass is 32.1. The second-order valence-electron chi connectivity index (χ2n) is 4.85. The van der Waals surface area contributed by atoms with Crippen molar-refractivity contribution in [1.29, 1.82) is 0 Å². The van der Waals surface area contributed by atoms with Crippen molar-refractivity contribution < 1.29 is 4.79 Å². The van der Waals surface area contributed by atoms with E-state index in [1.54, 1.807) is 0 Å². The predicted octanol–water partition coefficient (Wildman–Crippen LogP) is 1.70. The predicted molar refractivity (Wildman–Crippen MR) is 73.4 cm³/mol. The lowest BCUT2D eigenvalue weighted by Gasteiger charge is -2.24. The van der Waals surface area contributed by atoms with Crippen molar-refractivity contribution in [2.75, 3.05) is 0 Å². The number of nitrogens with one attached hydrogen (secondary N) is 1. The van der Waals surface area contributed by atoms with E-state index < -0.39 is 0 Å². The molecule has 2 aromatic heterocycles. The van der Waals surface area contributed by atoms with Crippen LogP contribution in [0.2, 0.25) is 0 Å². The maximum atomic E-state index is 12.2. The molecule has 3 heterocycles. The number of hydrogen-bond acceptors (Lipinski definition) is 4. The molecule has 1 unspecified atom stereocenters. The fourth-order valence-corrected chi connectivity index (χ4v) is 3.30. The molecule has 6 heteroatoms. The number of amides is 1. The van der Waals surface area contributed by atoms with Crippen LogP contribution in [0, 0.1) is 13.8 Å². The number of carbonyl (C=O) groups is 1. The number of imidazole rings is 1. The van der Waals surface area contributed by atoms with Gasteiger partial charge in [0.05, 0.1) is 10.7 Å². The van der Waals surface area contributed by atoms with E-state index in [4.69, 9.17) is 0 Å². The van der Waals surface area contributed by atoms with E-state index in [1.807, 2.05) is 26.2 Å². The van der Waals surface area contributed by atoms with E-state index in [9.17, 15) is 4.79 Å². The summed E-state index contributed by atoms with van der Waals surface area (Å²) in [5, 5.41) is 4.04. The molecular formula is C13H16N4OS. The molecule has 3 rings (SSSR count). The van der Waals surface area contributed by atoms with E-state index in [-0.39, 0.29) is 11.9 Å². The molecule has 19 heavy (non-hydrogen) atoms. The summed E-state index contributed by atoms with van der Waals surface area (Å²) in [6.07, 6.45) is 5.64. The highest BCUT2D eigenvalue weighted by Crippen LogP contribution is 2.18. The van der Waals surface area contributed by atoms with Gasteiger partial charge in [-0.05, 0) is 20.3 Å². The number of carbonyl (C=O) groups excluding carboxylic acids is 1. The molecule has 100 valence electrons. The van der Waals surface area contributed by atoms with Gasteiger partial charge < -0.3 is 9.88 Å². The second kappa shape index (κ2) is 4.77. The van der Waals surface area contributed by atoms with Gasteiger partial charge in [0.25, 0.3) is 5.91 Å². The summed E-state index contributed by atoms with van der Waals surface area (Å²) in [4.78, 5) is 21.5. The largest absolute Gasteiger partial charge is 0.347 e. The quantitative estimate of drug-likeness (QED) is 0.908. The number of aryl methyl sites for hydroxylation is 3. The third-order valence-electron chi connectivity index (χ3n) is 3.38. The number of aromatic nitrogens is 3. The average Bonchev–Trinajstić information content (AvgIpc) is 2.94. The standard InChI is InChI=1S/C13H16N4OS/c1-8-12(19-9(2)15-8)13(18)16-10-3-4-11-14-5-6-17(11)7-10/h5-6,10H,3-4,7H2,1-2H3,(H,16,18). The minimum atomic E-state index is -0.00309. The summed E-state index contributed by atoms with van der Waals surface area (Å²) in [7, 11) is 0. The maximum Gasteiger partial charge on any atom is 0.263 e. The molecular weight excluding hydrogens is 260 g/mol. The molecule has 1 N–H and O–H groups in total. The minimum absolute atomic E-state index is 0.00309. The van der Waals surface area contributed by atoms with Crippen LogP contribution in [0.4, 0.5) is 0 Å². The average molecular weight is 276 g/mol. The molecule has 1 amide bonds. The molecule has 0 aromatic carbocycles. The SMILES string of the molecule is Cc1nc(C)c(C(=O)NC2CCc3nccn3C2)s1. The van der Waals surface area contributed by atoms with Crippen LogP contribution >= 0.6 is 11.3 Å². The zero-order valence-electron chi connectivity index (χ0n) is 11.0. The van der Waals surface area contributed by atoms with Gasteiger partial charge in [-0.1, -0.05) is 0 Å². The summed E-state index contributed by atoms with van der Waals surface area (Å²) in [5.41, 5.74) is 0.819. The normalized spacial score (nSPS) is 18.1. The second-order valence-corrected chi connectivity index (χ2v) is 6.06. The molecule has 0 saturated carbocycles. The molecule has 1 atom stereocenters. The first-order valence-electron chi connectivity index (χ1n) is 6.38. The summed E-state index contributed by atoms with van der Waals surface area (Å²) in [6, 6.07) is 0.177. The van der Waals surface area contributed by atoms with Crippen LogP contribution in [0.1, 0.15) is 32.6 Å². The smallest absolute Gasteiger partial charge is 0.263 e. The van der Waals surface area contributed by atoms with Crippen molar-refractivity contribution >= 4 is 17.2 Å². The molecule has 0 fully saturated rings. The number of nitrogens with zero attached hydrogens (tertiary/aromatic N) is 3. The third kappa shape index (κ3) is 2.40. The van der Waals surface area contributed by atoms with Crippen LogP contribution in [0.5, 0.6) is 0 Å². The van der Waals surface area contributed by atoms with Crippen molar-refractivity contribution in [3.8, 4) is 0 Å². The Bertz CT molecular complexity index is 616. The van der Waals surface area contributed by atoms with E-state index in [1.165, 1.54) is 11.3 Å². The van der Waals surface area contributed by atoms with Crippen molar-refractivity contribution in [1.82, 2.24) is 19.9 Å². The van der Waals surface area contributed by atoms with E-state index in [0.29, 0.717) is 0 Å². The van der Waals surface area contributed by atoms with E-state index >= 15 is 0 Å². The first-order chi connectivity index (χ1) is 9.13. The number of fused-ring (bicyclic) bond motifs is 1. The van der Waals surface area contributed by atoms with Crippen molar-refractivity contribution in [3.63, 3.8) is 0 Å². The summed E-state index contributed by atoms with van der Waals surface area (Å²) < 4.78 is 2.11. The van der Waals surface area contributed by atoms with E-state index in [0.717, 1.165) is 40.8 Å². The molecule has 0 bridgehead atoms. The third-order valence-corrected chi connectivity index (χ3v) is 4.45.